The van der Waals surface area contributed by atoms with E-state index < -0.39 is 17.2 Å². The van der Waals surface area contributed by atoms with Gasteiger partial charge in [-0.3, -0.25) is 48.2 Å². The lowest BCUT2D eigenvalue weighted by atomic mass is 10.0. The molecule has 0 atom stereocenters. The maximum absolute atomic E-state index is 12.5. The SMILES string of the molecule is C.C.C.CC(C)(C)OC(=O)c1ccc(CC(=O)CS)cc1.CC(C)(C)OC(=O)c1cccc(CC(=O)CS)c1.CCCCOC(=O)c1ccc(CC(=O)CS)cc1.COC(=O)c1cccc(CC(=O)CS)c1.Cc1nc(C)c(Cl)c(CC(=O)CS)n1.N#Cc1cnn(-c2ccccc2)c1NC(=O)CS.O=C(CS)Cc1cc(-c2ccccc2)n[nH]1.O=C(CS)Cc1ccc2[nH]c3ccccc3c(=O)c2c1. The van der Waals surface area contributed by atoms with Gasteiger partial charge in [0, 0.05) is 112 Å². The number of para-hydroxylation sites is 2. The molecule has 0 aliphatic heterocycles. The van der Waals surface area contributed by atoms with Gasteiger partial charge in [-0.15, -0.1) is 0 Å². The highest BCUT2D eigenvalue weighted by molar-refractivity contribution is 7.82. The van der Waals surface area contributed by atoms with Crippen molar-refractivity contribution in [3.63, 3.8) is 0 Å². The number of hydrogen-bond donors (Lipinski definition) is 11. The number of aryl methyl sites for hydroxylation is 2. The van der Waals surface area contributed by atoms with E-state index in [9.17, 15) is 62.3 Å². The number of halogens is 1. The number of esters is 4. The maximum atomic E-state index is 12.5. The van der Waals surface area contributed by atoms with Crippen LogP contribution in [0.2, 0.25) is 5.02 Å². The fraction of sp³-hybridized carbons (Fsp3) is 0.314. The molecule has 1 amide bonds. The number of unbranched alkanes of at least 4 members (excludes halogenated alkanes) is 1. The highest BCUT2D eigenvalue weighted by Crippen LogP contribution is 2.25. The minimum Gasteiger partial charge on any atom is -0.465 e. The number of ether oxygens (including phenoxy) is 4. The lowest BCUT2D eigenvalue weighted by Crippen LogP contribution is -2.24. The second-order valence-corrected chi connectivity index (χ2v) is 34.9. The summed E-state index contributed by atoms with van der Waals surface area (Å²) in [4.78, 5) is 160. The Bertz CT molecular complexity index is 6180. The van der Waals surface area contributed by atoms with Crippen LogP contribution >= 0.6 is 113 Å². The number of aromatic nitrogens is 7. The number of carbonyl (C=O) groups excluding carboxylic acids is 12. The number of hydrogen-bond acceptors (Lipinski definition) is 30. The molecule has 140 heavy (non-hydrogen) atoms. The van der Waals surface area contributed by atoms with Gasteiger partial charge in [0.05, 0.1) is 82.1 Å². The molecule has 4 aromatic heterocycles. The normalized spacial score (nSPS) is 10.2. The first-order valence-corrected chi connectivity index (χ1v) is 48.2. The summed E-state index contributed by atoms with van der Waals surface area (Å²) in [5.74, 6) is 1.22. The number of aromatic amines is 2. The molecule has 3 N–H and O–H groups in total. The third kappa shape index (κ3) is 45.3. The second-order valence-electron chi connectivity index (χ2n) is 32.0. The monoisotopic (exact) mass is 2070 g/mol. The molecule has 0 bridgehead atoms. The average molecular weight is 2080 g/mol. The summed E-state index contributed by atoms with van der Waals surface area (Å²) in [6.45, 7) is 17.0. The van der Waals surface area contributed by atoms with Gasteiger partial charge < -0.3 is 29.2 Å². The number of nitrogens with one attached hydrogen (secondary N) is 3. The largest absolute Gasteiger partial charge is 0.465 e. The zero-order chi connectivity index (χ0) is 101. The summed E-state index contributed by atoms with van der Waals surface area (Å²) in [6, 6.07) is 63.5. The molecule has 35 heteroatoms. The Hall–Kier alpha value is -11.7. The lowest BCUT2D eigenvalue weighted by molar-refractivity contribution is -0.116. The molecule has 0 unspecified atom stereocenters. The number of benzene rings is 8. The van der Waals surface area contributed by atoms with Gasteiger partial charge in [-0.2, -0.15) is 116 Å². The predicted octanol–water partition coefficient (Wildman–Crippen LogP) is 19.7. The number of carbonyl (C=O) groups is 12. The van der Waals surface area contributed by atoms with Gasteiger partial charge in [-0.1, -0.05) is 162 Å². The highest BCUT2D eigenvalue weighted by Gasteiger charge is 2.22. The summed E-state index contributed by atoms with van der Waals surface area (Å²) in [7, 11) is 1.33. The van der Waals surface area contributed by atoms with E-state index in [1.54, 1.807) is 117 Å². The molecule has 0 fully saturated rings. The second kappa shape index (κ2) is 65.4. The summed E-state index contributed by atoms with van der Waals surface area (Å²) in [6.07, 6.45) is 5.49. The Kier molecular flexibility index (Phi) is 58.1. The molecule has 746 valence electrons. The topological polar surface area (TPSA) is 383 Å². The molecule has 8 aromatic carbocycles. The van der Waals surface area contributed by atoms with Crippen LogP contribution in [0.1, 0.15) is 181 Å². The molecular formula is C105H124ClN9O17S8. The third-order valence-electron chi connectivity index (χ3n) is 18.4. The Labute approximate surface area is 868 Å². The Morgan fingerprint density at radius 1 is 0.464 bits per heavy atom. The third-order valence-corrected chi connectivity index (χ3v) is 21.6. The number of nitriles is 1. The number of thiol groups is 8. The van der Waals surface area contributed by atoms with Gasteiger partial charge in [-0.05, 0) is 181 Å². The molecule has 0 saturated carbocycles. The van der Waals surface area contributed by atoms with E-state index in [1.165, 1.54) is 18.0 Å². The zero-order valence-corrected chi connectivity index (χ0v) is 85.4. The van der Waals surface area contributed by atoms with Crippen molar-refractivity contribution < 1.29 is 76.5 Å². The summed E-state index contributed by atoms with van der Waals surface area (Å²) < 4.78 is 21.7. The van der Waals surface area contributed by atoms with Crippen LogP contribution in [0, 0.1) is 25.2 Å². The van der Waals surface area contributed by atoms with Crippen molar-refractivity contribution in [2.45, 2.75) is 154 Å². The van der Waals surface area contributed by atoms with Crippen molar-refractivity contribution in [2.24, 2.45) is 0 Å². The van der Waals surface area contributed by atoms with Crippen LogP contribution in [0.4, 0.5) is 5.82 Å². The van der Waals surface area contributed by atoms with Crippen LogP contribution in [-0.2, 0) is 102 Å². The standard InChI is InChI=1S/C16H13NO2S.3C14H18O3S.C12H10N4OS.C12H12N2OS.C11H12O3S.C9H11ClN2OS.3CH4/c18-11(9-20)7-10-5-6-15-13(8-10)16(19)12-3-1-2-4-14(12)17-15;1-14(2,3)17-13(16)11-6-4-10(5-7-11)8-12(15)9-18;1-14(2,3)17-13(16)11-6-4-5-10(7-11)8-12(15)9-18;1-2-3-8-17-14(16)12-6-4-11(5-7-12)9-13(15)10-18;13-6-9-7-14-16(10-4-2-1-3-5-10)12(9)15-11(17)8-18;15-11(8-16)6-10-7-12(14-13-10)9-4-2-1-3-5-9;1-14-11(13)9-4-2-3-8(5-9)6-10(12)7-15;1-5-9(10)8(3-7(13)4-14)12-6(2)11-5;;;/h1-6,8,20H,7,9H2,(H,17,19);2*4-7,18H,8-9H2,1-3H3;4-7,18H,2-3,8-10H2,1H3;1-5,7,18H,8H2,(H,15,17);1-5,7,16H,6,8H2,(H,13,14);2-5,15H,6-7H2,1H3;14H,3-4H2,1-2H3;3*1H4. The van der Waals surface area contributed by atoms with Crippen LogP contribution in [0.25, 0.3) is 38.8 Å². The molecule has 4 heterocycles. The van der Waals surface area contributed by atoms with Gasteiger partial charge in [0.1, 0.15) is 69.1 Å². The smallest absolute Gasteiger partial charge is 0.338 e. The first-order valence-electron chi connectivity index (χ1n) is 42.8. The van der Waals surface area contributed by atoms with E-state index in [-0.39, 0.29) is 144 Å². The number of nitrogens with zero attached hydrogens (tertiary/aromatic N) is 6. The van der Waals surface area contributed by atoms with Crippen LogP contribution < -0.4 is 10.7 Å². The fourth-order valence-corrected chi connectivity index (χ4v) is 12.9. The fourth-order valence-electron chi connectivity index (χ4n) is 11.9. The predicted molar refractivity (Wildman–Crippen MR) is 584 cm³/mol. The van der Waals surface area contributed by atoms with E-state index in [1.807, 2.05) is 158 Å². The van der Waals surface area contributed by atoms with Crippen LogP contribution in [0.15, 0.2) is 217 Å². The van der Waals surface area contributed by atoms with Gasteiger partial charge in [0.2, 0.25) is 5.91 Å². The number of pyridine rings is 1. The average Bonchev–Trinajstić information content (AvgIpc) is 0.938. The van der Waals surface area contributed by atoms with E-state index in [0.29, 0.717) is 112 Å². The summed E-state index contributed by atoms with van der Waals surface area (Å²) >= 11 is 37.3. The van der Waals surface area contributed by atoms with Gasteiger partial charge in [0.25, 0.3) is 0 Å². The van der Waals surface area contributed by atoms with Crippen LogP contribution in [-0.4, -0.2) is 176 Å². The summed E-state index contributed by atoms with van der Waals surface area (Å²) in [5, 5.41) is 24.5. The molecular weight excluding hydrogens is 1950 g/mol. The van der Waals surface area contributed by atoms with E-state index in [4.69, 9.17) is 31.1 Å². The minimum atomic E-state index is -0.520. The van der Waals surface area contributed by atoms with Gasteiger partial charge in [0.15, 0.2) is 11.2 Å². The molecule has 0 aliphatic rings. The first kappa shape index (κ1) is 124. The van der Waals surface area contributed by atoms with Crippen molar-refractivity contribution in [3.8, 4) is 23.0 Å². The molecule has 0 saturated heterocycles. The summed E-state index contributed by atoms with van der Waals surface area (Å²) in [5.41, 5.74) is 11.9. The van der Waals surface area contributed by atoms with Crippen molar-refractivity contribution in [1.29, 1.82) is 5.26 Å². The van der Waals surface area contributed by atoms with Crippen molar-refractivity contribution in [1.82, 2.24) is 34.9 Å². The quantitative estimate of drug-likeness (QED) is 0.00613. The number of fused-ring (bicyclic) bond motifs is 2. The highest BCUT2D eigenvalue weighted by atomic mass is 35.5. The number of methoxy groups -OCH3 is 1. The van der Waals surface area contributed by atoms with E-state index in [2.05, 4.69) is 141 Å². The Morgan fingerprint density at radius 2 is 0.893 bits per heavy atom. The Balaban J connectivity index is 0.000000540. The maximum Gasteiger partial charge on any atom is 0.338 e. The number of amides is 1. The number of anilines is 1. The first-order chi connectivity index (χ1) is 65.2. The molecule has 0 radical (unpaired) electrons. The number of ketones is 7. The lowest BCUT2D eigenvalue weighted by Gasteiger charge is -2.19. The van der Waals surface area contributed by atoms with Gasteiger partial charge in [-0.25, -0.2) is 33.8 Å². The molecule has 26 nitrogen and oxygen atoms in total. The van der Waals surface area contributed by atoms with E-state index in [0.717, 1.165) is 74.3 Å². The number of H-pyrrole nitrogens is 2. The van der Waals surface area contributed by atoms with Crippen LogP contribution in [0.5, 0.6) is 0 Å². The number of Topliss-reactive ketones (excluding diaryl/α,β-unsaturated/α-hetero) is 7. The Morgan fingerprint density at radius 3 is 1.36 bits per heavy atom. The molecule has 12 aromatic rings. The zero-order valence-electron chi connectivity index (χ0n) is 77.5. The van der Waals surface area contributed by atoms with E-state index >= 15 is 0 Å². The molecule has 0 aliphatic carbocycles. The molecule has 0 spiro atoms. The minimum absolute atomic E-state index is 0. The van der Waals surface area contributed by atoms with Gasteiger partial charge >= 0.3 is 23.9 Å². The molecule has 12 rings (SSSR count). The van der Waals surface area contributed by atoms with Crippen molar-refractivity contribution >= 4 is 211 Å². The van der Waals surface area contributed by atoms with Crippen molar-refractivity contribution in [2.75, 3.05) is 65.1 Å². The van der Waals surface area contributed by atoms with Crippen molar-refractivity contribution in [3.05, 3.63) is 306 Å². The van der Waals surface area contributed by atoms with Crippen LogP contribution in [0.3, 0.4) is 0 Å². The number of rotatable bonds is 32.